The fourth-order valence-corrected chi connectivity index (χ4v) is 2.44. The minimum atomic E-state index is -0.0980. The highest BCUT2D eigenvalue weighted by atomic mass is 16.5. The second-order valence-electron chi connectivity index (χ2n) is 4.77. The predicted octanol–water partition coefficient (Wildman–Crippen LogP) is 0.850. The van der Waals surface area contributed by atoms with Gasteiger partial charge in [0.15, 0.2) is 0 Å². The van der Waals surface area contributed by atoms with Crippen LogP contribution in [0.1, 0.15) is 27.2 Å². The summed E-state index contributed by atoms with van der Waals surface area (Å²) in [4.78, 5) is 2.46. The molecule has 0 amide bonds. The average Bonchev–Trinajstić information content (AvgIpc) is 2.36. The van der Waals surface area contributed by atoms with Crippen molar-refractivity contribution in [3.8, 4) is 0 Å². The molecule has 3 unspecified atom stereocenters. The molecule has 1 heterocycles. The van der Waals surface area contributed by atoms with E-state index in [-0.39, 0.29) is 11.6 Å². The van der Waals surface area contributed by atoms with E-state index in [0.29, 0.717) is 12.6 Å². The minimum absolute atomic E-state index is 0.0980. The van der Waals surface area contributed by atoms with Crippen LogP contribution in [-0.4, -0.2) is 56.0 Å². The number of hydrogen-bond acceptors (Lipinski definition) is 4. The smallest absolute Gasteiger partial charge is 0.0736 e. The molecule has 0 aromatic carbocycles. The van der Waals surface area contributed by atoms with E-state index in [2.05, 4.69) is 25.7 Å². The van der Waals surface area contributed by atoms with Crippen molar-refractivity contribution in [2.24, 2.45) is 5.73 Å². The Bertz CT molecular complexity index is 213. The summed E-state index contributed by atoms with van der Waals surface area (Å²) in [6, 6.07) is 0.458. The Balaban J connectivity index is 2.83. The van der Waals surface area contributed by atoms with E-state index in [4.69, 9.17) is 15.2 Å². The largest absolute Gasteiger partial charge is 0.380 e. The van der Waals surface area contributed by atoms with Gasteiger partial charge in [0.05, 0.1) is 24.9 Å². The highest BCUT2D eigenvalue weighted by Crippen LogP contribution is 2.26. The molecule has 0 aliphatic carbocycles. The van der Waals surface area contributed by atoms with Crippen molar-refractivity contribution >= 4 is 0 Å². The molecule has 16 heavy (non-hydrogen) atoms. The van der Waals surface area contributed by atoms with Gasteiger partial charge in [-0.25, -0.2) is 0 Å². The Hall–Kier alpha value is -0.160. The summed E-state index contributed by atoms with van der Waals surface area (Å²) in [5.74, 6) is 0. The van der Waals surface area contributed by atoms with Gasteiger partial charge in [-0.2, -0.15) is 0 Å². The van der Waals surface area contributed by atoms with Crippen molar-refractivity contribution in [2.45, 2.75) is 44.9 Å². The maximum Gasteiger partial charge on any atom is 0.0736 e. The van der Waals surface area contributed by atoms with E-state index in [1.165, 1.54) is 0 Å². The van der Waals surface area contributed by atoms with Crippen molar-refractivity contribution in [1.29, 1.82) is 0 Å². The molecule has 2 N–H and O–H groups in total. The van der Waals surface area contributed by atoms with Gasteiger partial charge in [-0.15, -0.1) is 0 Å². The molecule has 0 aromatic heterocycles. The molecular formula is C12H26N2O2. The van der Waals surface area contributed by atoms with E-state index in [1.54, 1.807) is 7.11 Å². The summed E-state index contributed by atoms with van der Waals surface area (Å²) in [7, 11) is 1.75. The number of morpholine rings is 1. The fraction of sp³-hybridized carbons (Fsp3) is 1.00. The topological polar surface area (TPSA) is 47.7 Å². The molecule has 4 nitrogen and oxygen atoms in total. The maximum atomic E-state index is 5.97. The third kappa shape index (κ3) is 2.56. The minimum Gasteiger partial charge on any atom is -0.380 e. The monoisotopic (exact) mass is 230 g/mol. The first-order valence-electron chi connectivity index (χ1n) is 6.17. The molecule has 1 fully saturated rings. The van der Waals surface area contributed by atoms with Gasteiger partial charge in [0.2, 0.25) is 0 Å². The molecule has 0 aromatic rings. The van der Waals surface area contributed by atoms with Gasteiger partial charge in [0, 0.05) is 26.2 Å². The molecule has 1 aliphatic heterocycles. The lowest BCUT2D eigenvalue weighted by Crippen LogP contribution is -2.64. The van der Waals surface area contributed by atoms with E-state index in [0.717, 1.165) is 26.2 Å². The van der Waals surface area contributed by atoms with Gasteiger partial charge >= 0.3 is 0 Å². The van der Waals surface area contributed by atoms with E-state index in [9.17, 15) is 0 Å². The summed E-state index contributed by atoms with van der Waals surface area (Å²) in [5, 5.41) is 0. The van der Waals surface area contributed by atoms with Crippen LogP contribution in [0.25, 0.3) is 0 Å². The molecule has 4 heteroatoms. The molecular weight excluding hydrogens is 204 g/mol. The summed E-state index contributed by atoms with van der Waals surface area (Å²) < 4.78 is 11.0. The standard InChI is InChI=1S/C12H26N2O2/c1-5-11-8-16-7-6-14(11)12(3,9-13)10(2)15-4/h10-11H,5-9,13H2,1-4H3. The van der Waals surface area contributed by atoms with Crippen LogP contribution in [0.2, 0.25) is 0 Å². The zero-order valence-electron chi connectivity index (χ0n) is 11.0. The summed E-state index contributed by atoms with van der Waals surface area (Å²) in [5.41, 5.74) is 5.87. The van der Waals surface area contributed by atoms with Gasteiger partial charge in [-0.3, -0.25) is 4.90 Å². The number of ether oxygens (including phenoxy) is 2. The Morgan fingerprint density at radius 2 is 2.31 bits per heavy atom. The molecule has 1 saturated heterocycles. The number of rotatable bonds is 5. The fourth-order valence-electron chi connectivity index (χ4n) is 2.44. The van der Waals surface area contributed by atoms with Crippen molar-refractivity contribution in [2.75, 3.05) is 33.4 Å². The Morgan fingerprint density at radius 1 is 1.62 bits per heavy atom. The van der Waals surface area contributed by atoms with Crippen LogP contribution in [-0.2, 0) is 9.47 Å². The Kier molecular flexibility index (Phi) is 5.18. The predicted molar refractivity (Wildman–Crippen MR) is 65.5 cm³/mol. The van der Waals surface area contributed by atoms with Gasteiger partial charge < -0.3 is 15.2 Å². The van der Waals surface area contributed by atoms with Crippen LogP contribution in [0.15, 0.2) is 0 Å². The first-order valence-corrected chi connectivity index (χ1v) is 6.17. The van der Waals surface area contributed by atoms with Crippen LogP contribution in [0.3, 0.4) is 0 Å². The van der Waals surface area contributed by atoms with Gasteiger partial charge in [-0.05, 0) is 20.3 Å². The lowest BCUT2D eigenvalue weighted by atomic mass is 9.90. The van der Waals surface area contributed by atoms with Gasteiger partial charge in [-0.1, -0.05) is 6.92 Å². The SMILES string of the molecule is CCC1COCCN1C(C)(CN)C(C)OC. The van der Waals surface area contributed by atoms with Crippen molar-refractivity contribution in [1.82, 2.24) is 4.90 Å². The number of hydrogen-bond donors (Lipinski definition) is 1. The van der Waals surface area contributed by atoms with E-state index >= 15 is 0 Å². The highest BCUT2D eigenvalue weighted by molar-refractivity contribution is 4.96. The first kappa shape index (κ1) is 13.9. The normalized spacial score (nSPS) is 28.7. The van der Waals surface area contributed by atoms with Crippen molar-refractivity contribution < 1.29 is 9.47 Å². The zero-order chi connectivity index (χ0) is 12.2. The first-order chi connectivity index (χ1) is 7.60. The maximum absolute atomic E-state index is 5.97. The number of methoxy groups -OCH3 is 1. The molecule has 0 bridgehead atoms. The molecule has 0 saturated carbocycles. The Labute approximate surface area is 99.1 Å². The lowest BCUT2D eigenvalue weighted by molar-refractivity contribution is -0.104. The third-order valence-corrected chi connectivity index (χ3v) is 4.00. The van der Waals surface area contributed by atoms with Crippen molar-refractivity contribution in [3.63, 3.8) is 0 Å². The molecule has 1 aliphatic rings. The summed E-state index contributed by atoms with van der Waals surface area (Å²) in [6.45, 7) is 9.63. The summed E-state index contributed by atoms with van der Waals surface area (Å²) >= 11 is 0. The van der Waals surface area contributed by atoms with Gasteiger partial charge in [0.1, 0.15) is 0 Å². The molecule has 0 spiro atoms. The van der Waals surface area contributed by atoms with E-state index < -0.39 is 0 Å². The van der Waals surface area contributed by atoms with Crippen LogP contribution in [0.5, 0.6) is 0 Å². The molecule has 0 radical (unpaired) electrons. The van der Waals surface area contributed by atoms with Crippen LogP contribution < -0.4 is 5.73 Å². The summed E-state index contributed by atoms with van der Waals surface area (Å²) in [6.07, 6.45) is 1.22. The van der Waals surface area contributed by atoms with Crippen LogP contribution >= 0.6 is 0 Å². The molecule has 96 valence electrons. The highest BCUT2D eigenvalue weighted by Gasteiger charge is 2.40. The second-order valence-corrected chi connectivity index (χ2v) is 4.77. The lowest BCUT2D eigenvalue weighted by Gasteiger charge is -2.49. The molecule has 1 rings (SSSR count). The average molecular weight is 230 g/mol. The second kappa shape index (κ2) is 5.96. The zero-order valence-corrected chi connectivity index (χ0v) is 11.0. The third-order valence-electron chi connectivity index (χ3n) is 4.00. The van der Waals surface area contributed by atoms with Gasteiger partial charge in [0.25, 0.3) is 0 Å². The van der Waals surface area contributed by atoms with Crippen LogP contribution in [0, 0.1) is 0 Å². The number of nitrogens with two attached hydrogens (primary N) is 1. The van der Waals surface area contributed by atoms with E-state index in [1.807, 2.05) is 0 Å². The Morgan fingerprint density at radius 3 is 2.81 bits per heavy atom. The van der Waals surface area contributed by atoms with Crippen LogP contribution in [0.4, 0.5) is 0 Å². The number of nitrogens with zero attached hydrogens (tertiary/aromatic N) is 1. The molecule has 3 atom stereocenters. The van der Waals surface area contributed by atoms with Crippen molar-refractivity contribution in [3.05, 3.63) is 0 Å². The quantitative estimate of drug-likeness (QED) is 0.760.